The Balaban J connectivity index is 0.000000878. The zero-order valence-corrected chi connectivity index (χ0v) is 16.0. The van der Waals surface area contributed by atoms with Gasteiger partial charge in [-0.1, -0.05) is 13.3 Å². The summed E-state index contributed by atoms with van der Waals surface area (Å²) < 4.78 is 1.26. The molecule has 4 N–H and O–H groups in total. The van der Waals surface area contributed by atoms with Crippen LogP contribution in [0.2, 0.25) is 0 Å². The number of aromatic amines is 1. The van der Waals surface area contributed by atoms with Gasteiger partial charge in [-0.3, -0.25) is 19.5 Å². The van der Waals surface area contributed by atoms with Crippen molar-refractivity contribution in [2.75, 3.05) is 19.7 Å². The van der Waals surface area contributed by atoms with Crippen LogP contribution in [0.5, 0.6) is 0 Å². The van der Waals surface area contributed by atoms with Crippen molar-refractivity contribution >= 4 is 18.0 Å². The van der Waals surface area contributed by atoms with E-state index in [1.807, 2.05) is 13.8 Å². The first kappa shape index (κ1) is 21.6. The van der Waals surface area contributed by atoms with Gasteiger partial charge in [-0.15, -0.1) is 0 Å². The molecule has 2 atom stereocenters. The molecule has 0 aliphatic carbocycles. The summed E-state index contributed by atoms with van der Waals surface area (Å²) >= 11 is 0. The van der Waals surface area contributed by atoms with Gasteiger partial charge in [-0.2, -0.15) is 0 Å². The molecule has 1 fully saturated rings. The lowest BCUT2D eigenvalue weighted by Crippen LogP contribution is -2.55. The Bertz CT molecular complexity index is 892. The van der Waals surface area contributed by atoms with Gasteiger partial charge in [0.15, 0.2) is 5.65 Å². The van der Waals surface area contributed by atoms with E-state index in [2.05, 4.69) is 10.1 Å². The summed E-state index contributed by atoms with van der Waals surface area (Å²) in [5.41, 5.74) is 0.0408. The molecule has 28 heavy (non-hydrogen) atoms. The van der Waals surface area contributed by atoms with Crippen LogP contribution in [0.25, 0.3) is 5.65 Å². The van der Waals surface area contributed by atoms with Crippen LogP contribution in [-0.4, -0.2) is 73.0 Å². The van der Waals surface area contributed by atoms with Gasteiger partial charge >= 0.3 is 0 Å². The number of nitrogens with zero attached hydrogens (tertiary/aromatic N) is 3. The number of aryl methyl sites for hydroxylation is 1. The number of H-pyrrole nitrogens is 1. The molecule has 0 saturated carbocycles. The third-order valence-corrected chi connectivity index (χ3v) is 5.09. The molecule has 0 radical (unpaired) electrons. The molecule has 3 heterocycles. The maximum atomic E-state index is 12.9. The summed E-state index contributed by atoms with van der Waals surface area (Å²) in [4.78, 5) is 39.5. The minimum atomic E-state index is -0.737. The number of carboxylic acid groups (broad SMARTS) is 1. The third kappa shape index (κ3) is 4.07. The molecule has 0 unspecified atom stereocenters. The smallest absolute Gasteiger partial charge is 0.290 e. The lowest BCUT2D eigenvalue weighted by Gasteiger charge is -2.45. The van der Waals surface area contributed by atoms with Crippen molar-refractivity contribution in [3.63, 3.8) is 0 Å². The number of amides is 1. The van der Waals surface area contributed by atoms with Crippen LogP contribution >= 0.6 is 0 Å². The first-order valence-corrected chi connectivity index (χ1v) is 9.07. The van der Waals surface area contributed by atoms with Crippen molar-refractivity contribution in [2.45, 2.75) is 39.2 Å². The summed E-state index contributed by atoms with van der Waals surface area (Å²) in [5.74, 6) is -0.417. The van der Waals surface area contributed by atoms with Gasteiger partial charge in [0.1, 0.15) is 5.56 Å². The lowest BCUT2D eigenvalue weighted by molar-refractivity contribution is -0.122. The number of hydrogen-bond donors (Lipinski definition) is 4. The van der Waals surface area contributed by atoms with E-state index in [4.69, 9.17) is 9.90 Å². The van der Waals surface area contributed by atoms with Crippen LogP contribution in [0.3, 0.4) is 0 Å². The molecule has 1 amide bonds. The lowest BCUT2D eigenvalue weighted by atomic mass is 9.74. The van der Waals surface area contributed by atoms with Crippen LogP contribution in [0.15, 0.2) is 17.1 Å². The Kier molecular flexibility index (Phi) is 6.92. The monoisotopic (exact) mass is 394 g/mol. The quantitative estimate of drug-likeness (QED) is 0.534. The zero-order valence-electron chi connectivity index (χ0n) is 16.0. The molecule has 3 rings (SSSR count). The SMILES string of the molecule is CCC[C@@]1(CO)CN(C(=O)c2cnc3cc(C)[nH]n3c2=O)CC[C@H]1O.O=CO. The predicted molar refractivity (Wildman–Crippen MR) is 100 cm³/mol. The minimum Gasteiger partial charge on any atom is -0.483 e. The second kappa shape index (κ2) is 8.98. The molecule has 0 aromatic carbocycles. The molecule has 2 aromatic rings. The number of carbonyl (C=O) groups excluding carboxylic acids is 1. The number of hydrogen-bond acceptors (Lipinski definition) is 6. The van der Waals surface area contributed by atoms with E-state index in [0.29, 0.717) is 25.0 Å². The predicted octanol–water partition coefficient (Wildman–Crippen LogP) is 0.0174. The van der Waals surface area contributed by atoms with Gasteiger partial charge in [-0.25, -0.2) is 9.50 Å². The molecule has 10 nitrogen and oxygen atoms in total. The van der Waals surface area contributed by atoms with Crippen LogP contribution < -0.4 is 5.56 Å². The standard InChI is InChI=1S/C17H24N4O4.CH2O2/c1-3-5-17(10-22)9-20(6-4-13(17)23)15(24)12-8-18-14-7-11(2)19-21(14)16(12)25;2-1-3/h7-8,13,19,22-23H,3-6,9-10H2,1-2H3;1H,(H,2,3)/t13-,17+;/m1./s1. The average molecular weight is 394 g/mol. The van der Waals surface area contributed by atoms with Crippen molar-refractivity contribution in [3.05, 3.63) is 33.9 Å². The average Bonchev–Trinajstić information content (AvgIpc) is 3.05. The number of aliphatic hydroxyl groups is 2. The number of aliphatic hydroxyl groups excluding tert-OH is 2. The van der Waals surface area contributed by atoms with E-state index in [0.717, 1.165) is 12.1 Å². The topological polar surface area (TPSA) is 148 Å². The fraction of sp³-hybridized carbons (Fsp3) is 0.556. The van der Waals surface area contributed by atoms with Crippen molar-refractivity contribution in [1.82, 2.24) is 19.5 Å². The third-order valence-electron chi connectivity index (χ3n) is 5.09. The van der Waals surface area contributed by atoms with E-state index in [1.54, 1.807) is 11.0 Å². The minimum absolute atomic E-state index is 0.0147. The van der Waals surface area contributed by atoms with E-state index in [9.17, 15) is 19.8 Å². The highest BCUT2D eigenvalue weighted by Crippen LogP contribution is 2.35. The van der Waals surface area contributed by atoms with Crippen LogP contribution in [0.1, 0.15) is 42.2 Å². The Morgan fingerprint density at radius 3 is 2.79 bits per heavy atom. The van der Waals surface area contributed by atoms with Gasteiger partial charge in [0, 0.05) is 36.5 Å². The highest BCUT2D eigenvalue weighted by atomic mass is 16.3. The molecular formula is C18H26N4O6. The largest absolute Gasteiger partial charge is 0.483 e. The summed E-state index contributed by atoms with van der Waals surface area (Å²) in [5, 5.41) is 29.9. The number of likely N-dealkylation sites (tertiary alicyclic amines) is 1. The van der Waals surface area contributed by atoms with E-state index in [-0.39, 0.29) is 25.2 Å². The molecule has 1 aliphatic rings. The van der Waals surface area contributed by atoms with Crippen molar-refractivity contribution in [1.29, 1.82) is 0 Å². The first-order chi connectivity index (χ1) is 13.3. The maximum absolute atomic E-state index is 12.9. The maximum Gasteiger partial charge on any atom is 0.290 e. The van der Waals surface area contributed by atoms with E-state index < -0.39 is 23.0 Å². The second-order valence-corrected chi connectivity index (χ2v) is 7.02. The van der Waals surface area contributed by atoms with Gasteiger partial charge in [0.05, 0.1) is 12.7 Å². The second-order valence-electron chi connectivity index (χ2n) is 7.02. The molecule has 10 heteroatoms. The van der Waals surface area contributed by atoms with Crippen molar-refractivity contribution in [2.24, 2.45) is 5.41 Å². The number of piperidine rings is 1. The Labute approximate surface area is 161 Å². The van der Waals surface area contributed by atoms with Gasteiger partial charge < -0.3 is 20.2 Å². The summed E-state index contributed by atoms with van der Waals surface area (Å²) in [6.45, 7) is 3.91. The number of rotatable bonds is 4. The van der Waals surface area contributed by atoms with E-state index >= 15 is 0 Å². The number of nitrogens with one attached hydrogen (secondary N) is 1. The number of fused-ring (bicyclic) bond motifs is 1. The molecular weight excluding hydrogens is 368 g/mol. The van der Waals surface area contributed by atoms with Gasteiger partial charge in [0.25, 0.3) is 17.9 Å². The van der Waals surface area contributed by atoms with Crippen LogP contribution in [0.4, 0.5) is 0 Å². The van der Waals surface area contributed by atoms with Gasteiger partial charge in [0.2, 0.25) is 0 Å². The van der Waals surface area contributed by atoms with Crippen LogP contribution in [0, 0.1) is 12.3 Å². The normalized spacial score (nSPS) is 21.9. The summed E-state index contributed by atoms with van der Waals surface area (Å²) in [6, 6.07) is 1.73. The molecule has 0 bridgehead atoms. The zero-order chi connectivity index (χ0) is 20.9. The number of aromatic nitrogens is 3. The molecule has 0 spiro atoms. The number of carbonyl (C=O) groups is 2. The van der Waals surface area contributed by atoms with Crippen molar-refractivity contribution in [3.8, 4) is 0 Å². The van der Waals surface area contributed by atoms with Crippen LogP contribution in [-0.2, 0) is 4.79 Å². The van der Waals surface area contributed by atoms with E-state index in [1.165, 1.54) is 10.7 Å². The molecule has 1 saturated heterocycles. The molecule has 2 aromatic heterocycles. The van der Waals surface area contributed by atoms with Crippen molar-refractivity contribution < 1.29 is 24.9 Å². The highest BCUT2D eigenvalue weighted by Gasteiger charge is 2.43. The van der Waals surface area contributed by atoms with Gasteiger partial charge in [-0.05, 0) is 19.8 Å². The fourth-order valence-corrected chi connectivity index (χ4v) is 3.70. The Morgan fingerprint density at radius 2 is 2.18 bits per heavy atom. The first-order valence-electron chi connectivity index (χ1n) is 9.07. The highest BCUT2D eigenvalue weighted by molar-refractivity contribution is 5.93. The fourth-order valence-electron chi connectivity index (χ4n) is 3.70. The summed E-state index contributed by atoms with van der Waals surface area (Å²) in [6.07, 6.45) is 2.43. The summed E-state index contributed by atoms with van der Waals surface area (Å²) in [7, 11) is 0. The Morgan fingerprint density at radius 1 is 1.50 bits per heavy atom. The Hall–Kier alpha value is -2.72. The molecule has 1 aliphatic heterocycles. The molecule has 154 valence electrons.